The van der Waals surface area contributed by atoms with Crippen molar-refractivity contribution in [2.45, 2.75) is 37.7 Å². The normalized spacial score (nSPS) is 17.7. The Morgan fingerprint density at radius 3 is 2.44 bits per heavy atom. The van der Waals surface area contributed by atoms with Crippen LogP contribution in [0.1, 0.15) is 31.2 Å². The maximum Gasteiger partial charge on any atom is 0.320 e. The summed E-state index contributed by atoms with van der Waals surface area (Å²) in [6.45, 7) is -0.0921. The van der Waals surface area contributed by atoms with E-state index in [1.165, 1.54) is 12.1 Å². The summed E-state index contributed by atoms with van der Waals surface area (Å²) in [6, 6.07) is 6.35. The van der Waals surface area contributed by atoms with Gasteiger partial charge in [-0.05, 0) is 43.4 Å². The standard InChI is InChI=1S/C14H18FNO2/c15-12-5-3-11(4-6-12)9-14(7-1-2-8-14)18-13(17)10-16/h3-6H,1-2,7-10,16H2. The molecule has 18 heavy (non-hydrogen) atoms. The van der Waals surface area contributed by atoms with E-state index in [9.17, 15) is 9.18 Å². The Hall–Kier alpha value is -1.42. The Labute approximate surface area is 106 Å². The Kier molecular flexibility index (Phi) is 3.97. The summed E-state index contributed by atoms with van der Waals surface area (Å²) in [5.41, 5.74) is 5.85. The highest BCUT2D eigenvalue weighted by atomic mass is 19.1. The van der Waals surface area contributed by atoms with E-state index in [4.69, 9.17) is 10.5 Å². The van der Waals surface area contributed by atoms with Crippen LogP contribution in [-0.4, -0.2) is 18.1 Å². The Balaban J connectivity index is 2.10. The molecule has 0 aromatic heterocycles. The first kappa shape index (κ1) is 13.0. The van der Waals surface area contributed by atoms with Crippen molar-refractivity contribution in [2.24, 2.45) is 5.73 Å². The topological polar surface area (TPSA) is 52.3 Å². The van der Waals surface area contributed by atoms with Crippen LogP contribution in [-0.2, 0) is 16.0 Å². The number of benzene rings is 1. The van der Waals surface area contributed by atoms with E-state index in [1.54, 1.807) is 12.1 Å². The van der Waals surface area contributed by atoms with E-state index in [-0.39, 0.29) is 18.3 Å². The fourth-order valence-corrected chi connectivity index (χ4v) is 2.59. The maximum atomic E-state index is 12.9. The Morgan fingerprint density at radius 2 is 1.89 bits per heavy atom. The molecule has 1 aromatic rings. The van der Waals surface area contributed by atoms with Crippen molar-refractivity contribution < 1.29 is 13.9 Å². The highest BCUT2D eigenvalue weighted by Crippen LogP contribution is 2.36. The van der Waals surface area contributed by atoms with Crippen LogP contribution >= 0.6 is 0 Å². The molecule has 0 bridgehead atoms. The fourth-order valence-electron chi connectivity index (χ4n) is 2.59. The molecule has 2 N–H and O–H groups in total. The van der Waals surface area contributed by atoms with E-state index in [2.05, 4.69) is 0 Å². The zero-order valence-electron chi connectivity index (χ0n) is 10.3. The smallest absolute Gasteiger partial charge is 0.320 e. The summed E-state index contributed by atoms with van der Waals surface area (Å²) in [7, 11) is 0. The highest BCUT2D eigenvalue weighted by Gasteiger charge is 2.37. The van der Waals surface area contributed by atoms with Gasteiger partial charge in [0.25, 0.3) is 0 Å². The zero-order valence-corrected chi connectivity index (χ0v) is 10.3. The van der Waals surface area contributed by atoms with Crippen molar-refractivity contribution in [1.29, 1.82) is 0 Å². The Bertz CT molecular complexity index is 410. The minimum absolute atomic E-state index is 0.0921. The molecule has 1 saturated carbocycles. The van der Waals surface area contributed by atoms with Gasteiger partial charge in [-0.25, -0.2) is 4.39 Å². The van der Waals surface area contributed by atoms with Gasteiger partial charge in [0, 0.05) is 6.42 Å². The molecule has 0 unspecified atom stereocenters. The summed E-state index contributed by atoms with van der Waals surface area (Å²) in [4.78, 5) is 11.4. The van der Waals surface area contributed by atoms with Crippen molar-refractivity contribution >= 4 is 5.97 Å². The lowest BCUT2D eigenvalue weighted by Crippen LogP contribution is -2.36. The SMILES string of the molecule is NCC(=O)OC1(Cc2ccc(F)cc2)CCCC1. The third-order valence-corrected chi connectivity index (χ3v) is 3.45. The van der Waals surface area contributed by atoms with E-state index in [0.29, 0.717) is 6.42 Å². The summed E-state index contributed by atoms with van der Waals surface area (Å²) in [5.74, 6) is -0.614. The fraction of sp³-hybridized carbons (Fsp3) is 0.500. The number of ether oxygens (including phenoxy) is 1. The second kappa shape index (κ2) is 5.48. The highest BCUT2D eigenvalue weighted by molar-refractivity contribution is 5.72. The van der Waals surface area contributed by atoms with Crippen molar-refractivity contribution in [3.8, 4) is 0 Å². The number of carbonyl (C=O) groups is 1. The second-order valence-corrected chi connectivity index (χ2v) is 4.87. The first-order valence-corrected chi connectivity index (χ1v) is 6.30. The molecule has 0 amide bonds. The molecule has 1 fully saturated rings. The minimum atomic E-state index is -0.436. The van der Waals surface area contributed by atoms with Crippen LogP contribution < -0.4 is 5.73 Å². The summed E-state index contributed by atoms with van der Waals surface area (Å²) in [5, 5.41) is 0. The number of hydrogen-bond acceptors (Lipinski definition) is 3. The monoisotopic (exact) mass is 251 g/mol. The lowest BCUT2D eigenvalue weighted by Gasteiger charge is -2.29. The predicted molar refractivity (Wildman–Crippen MR) is 66.4 cm³/mol. The second-order valence-electron chi connectivity index (χ2n) is 4.87. The van der Waals surface area contributed by atoms with Gasteiger partial charge >= 0.3 is 5.97 Å². The molecule has 1 aromatic carbocycles. The van der Waals surface area contributed by atoms with Crippen molar-refractivity contribution in [3.63, 3.8) is 0 Å². The molecule has 0 saturated heterocycles. The molecule has 0 atom stereocenters. The number of carbonyl (C=O) groups excluding carboxylic acids is 1. The van der Waals surface area contributed by atoms with Gasteiger partial charge in [-0.2, -0.15) is 0 Å². The van der Waals surface area contributed by atoms with Gasteiger partial charge in [0.05, 0.1) is 6.54 Å². The van der Waals surface area contributed by atoms with E-state index in [1.807, 2.05) is 0 Å². The quantitative estimate of drug-likeness (QED) is 0.834. The average Bonchev–Trinajstić information content (AvgIpc) is 2.80. The van der Waals surface area contributed by atoms with Gasteiger partial charge in [-0.1, -0.05) is 12.1 Å². The van der Waals surface area contributed by atoms with Gasteiger partial charge in [0.1, 0.15) is 11.4 Å². The van der Waals surface area contributed by atoms with Gasteiger partial charge in [-0.15, -0.1) is 0 Å². The van der Waals surface area contributed by atoms with Crippen LogP contribution in [0.5, 0.6) is 0 Å². The molecule has 1 aliphatic rings. The first-order valence-electron chi connectivity index (χ1n) is 6.30. The number of rotatable bonds is 4. The summed E-state index contributed by atoms with van der Waals surface area (Å²) < 4.78 is 18.4. The van der Waals surface area contributed by atoms with Gasteiger partial charge in [0.15, 0.2) is 0 Å². The Morgan fingerprint density at radius 1 is 1.28 bits per heavy atom. The largest absolute Gasteiger partial charge is 0.458 e. The average molecular weight is 251 g/mol. The lowest BCUT2D eigenvalue weighted by atomic mass is 9.92. The van der Waals surface area contributed by atoms with Crippen LogP contribution in [0.2, 0.25) is 0 Å². The van der Waals surface area contributed by atoms with Gasteiger partial charge in [0.2, 0.25) is 0 Å². The molecule has 98 valence electrons. The molecule has 4 heteroatoms. The lowest BCUT2D eigenvalue weighted by molar-refractivity contribution is -0.157. The molecule has 0 radical (unpaired) electrons. The molecule has 0 aliphatic heterocycles. The van der Waals surface area contributed by atoms with Crippen molar-refractivity contribution in [1.82, 2.24) is 0 Å². The van der Waals surface area contributed by atoms with E-state index < -0.39 is 5.60 Å². The molecule has 0 heterocycles. The van der Waals surface area contributed by atoms with Crippen LogP contribution in [0.15, 0.2) is 24.3 Å². The number of nitrogens with two attached hydrogens (primary N) is 1. The minimum Gasteiger partial charge on any atom is -0.458 e. The first-order chi connectivity index (χ1) is 8.63. The van der Waals surface area contributed by atoms with Crippen LogP contribution in [0, 0.1) is 5.82 Å². The van der Waals surface area contributed by atoms with Gasteiger partial charge < -0.3 is 10.5 Å². The summed E-state index contributed by atoms with van der Waals surface area (Å²) in [6.07, 6.45) is 4.46. The zero-order chi connectivity index (χ0) is 13.0. The van der Waals surface area contributed by atoms with E-state index in [0.717, 1.165) is 31.2 Å². The molecular weight excluding hydrogens is 233 g/mol. The summed E-state index contributed by atoms with van der Waals surface area (Å²) >= 11 is 0. The number of esters is 1. The maximum absolute atomic E-state index is 12.9. The molecule has 2 rings (SSSR count). The van der Waals surface area contributed by atoms with Crippen molar-refractivity contribution in [3.05, 3.63) is 35.6 Å². The third kappa shape index (κ3) is 3.07. The van der Waals surface area contributed by atoms with E-state index >= 15 is 0 Å². The molecule has 3 nitrogen and oxygen atoms in total. The molecular formula is C14H18FNO2. The van der Waals surface area contributed by atoms with Crippen LogP contribution in [0.4, 0.5) is 4.39 Å². The number of hydrogen-bond donors (Lipinski definition) is 1. The number of halogens is 1. The van der Waals surface area contributed by atoms with Crippen LogP contribution in [0.3, 0.4) is 0 Å². The molecule has 1 aliphatic carbocycles. The molecule has 0 spiro atoms. The third-order valence-electron chi connectivity index (χ3n) is 3.45. The van der Waals surface area contributed by atoms with Crippen molar-refractivity contribution in [2.75, 3.05) is 6.54 Å². The van der Waals surface area contributed by atoms with Gasteiger partial charge in [-0.3, -0.25) is 4.79 Å². The van der Waals surface area contributed by atoms with Crippen LogP contribution in [0.25, 0.3) is 0 Å². The predicted octanol–water partition coefficient (Wildman–Crippen LogP) is 2.18.